The molecule has 0 aliphatic carbocycles. The van der Waals surface area contributed by atoms with Crippen LogP contribution >= 0.6 is 0 Å². The van der Waals surface area contributed by atoms with Gasteiger partial charge >= 0.3 is 0 Å². The van der Waals surface area contributed by atoms with Gasteiger partial charge in [-0.05, 0) is 25.1 Å². The Labute approximate surface area is 95.0 Å². The summed E-state index contributed by atoms with van der Waals surface area (Å²) >= 11 is 0. The van der Waals surface area contributed by atoms with Crippen LogP contribution in [0.25, 0.3) is 0 Å². The maximum atomic E-state index is 12.0. The highest BCUT2D eigenvalue weighted by atomic mass is 16.5. The van der Waals surface area contributed by atoms with E-state index in [9.17, 15) is 4.79 Å². The van der Waals surface area contributed by atoms with Gasteiger partial charge in [0.05, 0.1) is 12.7 Å². The molecule has 1 aliphatic heterocycles. The van der Waals surface area contributed by atoms with Crippen LogP contribution in [0.3, 0.4) is 0 Å². The molecule has 1 aromatic carbocycles. The summed E-state index contributed by atoms with van der Waals surface area (Å²) in [6.07, 6.45) is 0.987. The van der Waals surface area contributed by atoms with Crippen LogP contribution in [0.5, 0.6) is 5.75 Å². The number of ether oxygens (including phenoxy) is 1. The molecule has 0 radical (unpaired) electrons. The first-order chi connectivity index (χ1) is 7.81. The van der Waals surface area contributed by atoms with Gasteiger partial charge in [-0.25, -0.2) is 0 Å². The van der Waals surface area contributed by atoms with Crippen LogP contribution in [0.4, 0.5) is 0 Å². The Hall–Kier alpha value is -1.55. The second-order valence-corrected chi connectivity index (χ2v) is 3.86. The smallest absolute Gasteiger partial charge is 0.255 e. The Balaban J connectivity index is 2.07. The van der Waals surface area contributed by atoms with Gasteiger partial charge in [0.25, 0.3) is 5.91 Å². The molecule has 0 spiro atoms. The summed E-state index contributed by atoms with van der Waals surface area (Å²) in [5.74, 6) is 0.553. The van der Waals surface area contributed by atoms with Crippen LogP contribution in [-0.4, -0.2) is 32.1 Å². The molecular formula is C12H16N2O2. The number of hydrogen-bond donors (Lipinski definition) is 2. The van der Waals surface area contributed by atoms with Gasteiger partial charge in [0.1, 0.15) is 5.75 Å². The molecule has 4 heteroatoms. The number of hydrogen-bond acceptors (Lipinski definition) is 3. The molecule has 1 aliphatic rings. The minimum Gasteiger partial charge on any atom is -0.496 e. The zero-order valence-electron chi connectivity index (χ0n) is 9.32. The summed E-state index contributed by atoms with van der Waals surface area (Å²) in [7, 11) is 1.57. The summed E-state index contributed by atoms with van der Waals surface area (Å²) in [6.45, 7) is 1.82. The molecule has 0 aromatic heterocycles. The lowest BCUT2D eigenvalue weighted by atomic mass is 10.1. The van der Waals surface area contributed by atoms with E-state index >= 15 is 0 Å². The van der Waals surface area contributed by atoms with Crippen LogP contribution in [0, 0.1) is 0 Å². The molecule has 1 atom stereocenters. The standard InChI is InChI=1S/C12H16N2O2/c1-16-11-5-3-2-4-10(11)12(15)14-9-6-7-13-8-9/h2-5,9,13H,6-8H2,1H3,(H,14,15)/t9-/m0/s1. The van der Waals surface area contributed by atoms with Gasteiger partial charge in [0, 0.05) is 12.6 Å². The van der Waals surface area contributed by atoms with Gasteiger partial charge < -0.3 is 15.4 Å². The van der Waals surface area contributed by atoms with E-state index in [0.29, 0.717) is 11.3 Å². The Morgan fingerprint density at radius 1 is 1.50 bits per heavy atom. The number of benzene rings is 1. The van der Waals surface area contributed by atoms with E-state index < -0.39 is 0 Å². The van der Waals surface area contributed by atoms with Crippen molar-refractivity contribution in [2.45, 2.75) is 12.5 Å². The molecule has 0 unspecified atom stereocenters. The molecule has 0 saturated carbocycles. The quantitative estimate of drug-likeness (QED) is 0.791. The zero-order valence-corrected chi connectivity index (χ0v) is 9.32. The van der Waals surface area contributed by atoms with Crippen molar-refractivity contribution < 1.29 is 9.53 Å². The number of carbonyl (C=O) groups excluding carboxylic acids is 1. The van der Waals surface area contributed by atoms with Gasteiger partial charge in [-0.15, -0.1) is 0 Å². The number of para-hydroxylation sites is 1. The first kappa shape index (κ1) is 11.0. The molecule has 0 bridgehead atoms. The van der Waals surface area contributed by atoms with Gasteiger partial charge in [-0.3, -0.25) is 4.79 Å². The summed E-state index contributed by atoms with van der Waals surface area (Å²) in [4.78, 5) is 12.0. The number of nitrogens with one attached hydrogen (secondary N) is 2. The van der Waals surface area contributed by atoms with E-state index in [1.807, 2.05) is 12.1 Å². The predicted molar refractivity (Wildman–Crippen MR) is 61.7 cm³/mol. The zero-order chi connectivity index (χ0) is 11.4. The summed E-state index contributed by atoms with van der Waals surface area (Å²) in [6, 6.07) is 7.49. The van der Waals surface area contributed by atoms with Crippen molar-refractivity contribution in [3.05, 3.63) is 29.8 Å². The minimum atomic E-state index is -0.0637. The fourth-order valence-corrected chi connectivity index (χ4v) is 1.87. The second kappa shape index (κ2) is 4.99. The van der Waals surface area contributed by atoms with E-state index in [1.54, 1.807) is 19.2 Å². The Kier molecular flexibility index (Phi) is 3.41. The number of methoxy groups -OCH3 is 1. The fourth-order valence-electron chi connectivity index (χ4n) is 1.87. The van der Waals surface area contributed by atoms with E-state index in [1.165, 1.54) is 0 Å². The van der Waals surface area contributed by atoms with Crippen LogP contribution < -0.4 is 15.4 Å². The lowest BCUT2D eigenvalue weighted by Gasteiger charge is -2.13. The van der Waals surface area contributed by atoms with E-state index in [0.717, 1.165) is 19.5 Å². The van der Waals surface area contributed by atoms with Crippen LogP contribution in [0.15, 0.2) is 24.3 Å². The van der Waals surface area contributed by atoms with Crippen LogP contribution in [0.2, 0.25) is 0 Å². The highest BCUT2D eigenvalue weighted by Crippen LogP contribution is 2.17. The Morgan fingerprint density at radius 2 is 2.31 bits per heavy atom. The average molecular weight is 220 g/mol. The first-order valence-corrected chi connectivity index (χ1v) is 5.46. The third-order valence-electron chi connectivity index (χ3n) is 2.75. The Bertz CT molecular complexity index is 373. The monoisotopic (exact) mass is 220 g/mol. The molecule has 2 rings (SSSR count). The molecule has 1 aromatic rings. The molecule has 2 N–H and O–H groups in total. The lowest BCUT2D eigenvalue weighted by molar-refractivity contribution is 0.0937. The van der Waals surface area contributed by atoms with Crippen LogP contribution in [-0.2, 0) is 0 Å². The third kappa shape index (κ3) is 2.33. The van der Waals surface area contributed by atoms with Gasteiger partial charge in [0.2, 0.25) is 0 Å². The Morgan fingerprint density at radius 3 is 3.00 bits per heavy atom. The summed E-state index contributed by atoms with van der Waals surface area (Å²) in [5, 5.41) is 6.20. The van der Waals surface area contributed by atoms with Crippen molar-refractivity contribution in [1.82, 2.24) is 10.6 Å². The molecule has 16 heavy (non-hydrogen) atoms. The SMILES string of the molecule is COc1ccccc1C(=O)N[C@H]1CCNC1. The highest BCUT2D eigenvalue weighted by molar-refractivity contribution is 5.97. The van der Waals surface area contributed by atoms with E-state index in [2.05, 4.69) is 10.6 Å². The molecule has 4 nitrogen and oxygen atoms in total. The third-order valence-corrected chi connectivity index (χ3v) is 2.75. The maximum Gasteiger partial charge on any atom is 0.255 e. The lowest BCUT2D eigenvalue weighted by Crippen LogP contribution is -2.36. The molecule has 1 amide bonds. The molecular weight excluding hydrogens is 204 g/mol. The summed E-state index contributed by atoms with van der Waals surface area (Å²) in [5.41, 5.74) is 0.594. The number of amides is 1. The van der Waals surface area contributed by atoms with E-state index in [-0.39, 0.29) is 11.9 Å². The van der Waals surface area contributed by atoms with Crippen molar-refractivity contribution in [2.24, 2.45) is 0 Å². The molecule has 1 heterocycles. The average Bonchev–Trinajstić information content (AvgIpc) is 2.81. The second-order valence-electron chi connectivity index (χ2n) is 3.86. The number of rotatable bonds is 3. The number of carbonyl (C=O) groups is 1. The van der Waals surface area contributed by atoms with E-state index in [4.69, 9.17) is 4.74 Å². The maximum absolute atomic E-state index is 12.0. The molecule has 86 valence electrons. The molecule has 1 saturated heterocycles. The first-order valence-electron chi connectivity index (χ1n) is 5.46. The highest BCUT2D eigenvalue weighted by Gasteiger charge is 2.19. The van der Waals surface area contributed by atoms with Crippen molar-refractivity contribution >= 4 is 5.91 Å². The largest absolute Gasteiger partial charge is 0.496 e. The van der Waals surface area contributed by atoms with Crippen molar-refractivity contribution in [1.29, 1.82) is 0 Å². The van der Waals surface area contributed by atoms with Gasteiger partial charge in [0.15, 0.2) is 0 Å². The fraction of sp³-hybridized carbons (Fsp3) is 0.417. The van der Waals surface area contributed by atoms with Crippen molar-refractivity contribution in [3.8, 4) is 5.75 Å². The summed E-state index contributed by atoms with van der Waals surface area (Å²) < 4.78 is 5.15. The topological polar surface area (TPSA) is 50.4 Å². The molecule has 1 fully saturated rings. The predicted octanol–water partition coefficient (Wildman–Crippen LogP) is 0.787. The van der Waals surface area contributed by atoms with Crippen LogP contribution in [0.1, 0.15) is 16.8 Å². The van der Waals surface area contributed by atoms with Gasteiger partial charge in [-0.2, -0.15) is 0 Å². The van der Waals surface area contributed by atoms with Gasteiger partial charge in [-0.1, -0.05) is 12.1 Å². The minimum absolute atomic E-state index is 0.0637. The van der Waals surface area contributed by atoms with Crippen molar-refractivity contribution in [3.63, 3.8) is 0 Å². The van der Waals surface area contributed by atoms with Crippen molar-refractivity contribution in [2.75, 3.05) is 20.2 Å². The normalized spacial score (nSPS) is 19.4.